The van der Waals surface area contributed by atoms with Gasteiger partial charge in [-0.05, 0) is 11.1 Å². The van der Waals surface area contributed by atoms with Crippen LogP contribution in [0.15, 0.2) is 60.7 Å². The molecule has 2 aliphatic heterocycles. The normalized spacial score (nSPS) is 32.4. The summed E-state index contributed by atoms with van der Waals surface area (Å²) in [7, 11) is 0. The van der Waals surface area contributed by atoms with E-state index in [4.69, 9.17) is 14.9 Å². The number of rotatable bonds is 2. The highest BCUT2D eigenvalue weighted by Crippen LogP contribution is 2.69. The van der Waals surface area contributed by atoms with E-state index in [2.05, 4.69) is 18.2 Å². The Morgan fingerprint density at radius 3 is 1.89 bits per heavy atom. The van der Waals surface area contributed by atoms with Crippen molar-refractivity contribution in [2.75, 3.05) is 0 Å². The van der Waals surface area contributed by atoms with Gasteiger partial charge in [0.15, 0.2) is 5.41 Å². The van der Waals surface area contributed by atoms with Crippen LogP contribution < -0.4 is 0 Å². The molecule has 6 heteroatoms. The number of nitriles is 3. The van der Waals surface area contributed by atoms with Gasteiger partial charge in [0.25, 0.3) is 0 Å². The van der Waals surface area contributed by atoms with Crippen LogP contribution in [0.2, 0.25) is 0 Å². The molecule has 28 heavy (non-hydrogen) atoms. The van der Waals surface area contributed by atoms with Crippen molar-refractivity contribution in [3.05, 3.63) is 71.8 Å². The molecule has 2 heterocycles. The van der Waals surface area contributed by atoms with Crippen LogP contribution in [0.25, 0.3) is 0 Å². The molecule has 2 aromatic rings. The fraction of sp³-hybridized carbons (Fsp3) is 0.273. The van der Waals surface area contributed by atoms with Crippen LogP contribution in [0.3, 0.4) is 0 Å². The molecule has 4 atom stereocenters. The first-order valence-corrected chi connectivity index (χ1v) is 8.78. The van der Waals surface area contributed by atoms with Crippen molar-refractivity contribution in [2.24, 2.45) is 10.8 Å². The molecule has 2 aliphatic rings. The third kappa shape index (κ3) is 1.94. The molecule has 6 nitrogen and oxygen atoms in total. The van der Waals surface area contributed by atoms with Gasteiger partial charge < -0.3 is 9.47 Å². The van der Waals surface area contributed by atoms with Gasteiger partial charge >= 0.3 is 0 Å². The number of hydrogen-bond donors (Lipinski definition) is 1. The minimum absolute atomic E-state index is 0.409. The van der Waals surface area contributed by atoms with Gasteiger partial charge in [0, 0.05) is 6.92 Å². The SMILES string of the molecule is C[C@@]12OC(=N)[C@@](C#N)([C@H]1c1ccccc1)C(C#N)(C#N)[C@@H](c1ccccc1)O2. The van der Waals surface area contributed by atoms with E-state index >= 15 is 0 Å². The third-order valence-electron chi connectivity index (χ3n) is 5.75. The summed E-state index contributed by atoms with van der Waals surface area (Å²) in [4.78, 5) is 0. The molecule has 136 valence electrons. The van der Waals surface area contributed by atoms with Gasteiger partial charge in [-0.2, -0.15) is 15.8 Å². The zero-order chi connectivity index (χ0) is 20.0. The standard InChI is InChI=1S/C22H16N4O2/c1-20-17(15-8-4-2-5-9-15)22(14-25,19(26)28-20)21(12-23,13-24)18(27-20)16-10-6-3-7-11-16/h2-11,17-18,26H,1H3/t17-,18+,20+,22+/m0/s1. The van der Waals surface area contributed by atoms with Crippen LogP contribution in [0, 0.1) is 50.2 Å². The lowest BCUT2D eigenvalue weighted by Gasteiger charge is -2.48. The molecular formula is C22H16N4O2. The van der Waals surface area contributed by atoms with Crippen LogP contribution in [0.1, 0.15) is 30.1 Å². The molecule has 0 spiro atoms. The van der Waals surface area contributed by atoms with Crippen molar-refractivity contribution in [1.82, 2.24) is 0 Å². The minimum Gasteiger partial charge on any atom is -0.447 e. The van der Waals surface area contributed by atoms with Crippen LogP contribution in [0.5, 0.6) is 0 Å². The molecule has 0 radical (unpaired) electrons. The highest BCUT2D eigenvalue weighted by Gasteiger charge is 2.79. The number of fused-ring (bicyclic) bond motifs is 2. The van der Waals surface area contributed by atoms with E-state index in [0.717, 1.165) is 0 Å². The summed E-state index contributed by atoms with van der Waals surface area (Å²) in [5.41, 5.74) is -2.52. The molecule has 2 bridgehead atoms. The molecule has 0 aliphatic carbocycles. The molecule has 1 N–H and O–H groups in total. The predicted octanol–water partition coefficient (Wildman–Crippen LogP) is 3.81. The van der Waals surface area contributed by atoms with Crippen molar-refractivity contribution in [3.8, 4) is 18.2 Å². The van der Waals surface area contributed by atoms with E-state index in [1.807, 2.05) is 12.1 Å². The highest BCUT2D eigenvalue weighted by molar-refractivity contribution is 5.90. The van der Waals surface area contributed by atoms with E-state index in [1.165, 1.54) is 0 Å². The number of hydrogen-bond acceptors (Lipinski definition) is 6. The van der Waals surface area contributed by atoms with Crippen molar-refractivity contribution >= 4 is 5.90 Å². The monoisotopic (exact) mass is 368 g/mol. The fourth-order valence-electron chi connectivity index (χ4n) is 4.56. The fourth-order valence-corrected chi connectivity index (χ4v) is 4.56. The molecule has 2 fully saturated rings. The lowest BCUT2D eigenvalue weighted by Crippen LogP contribution is -2.57. The maximum Gasteiger partial charge on any atom is 0.218 e. The molecule has 4 rings (SSSR count). The van der Waals surface area contributed by atoms with Crippen LogP contribution in [0.4, 0.5) is 0 Å². The lowest BCUT2D eigenvalue weighted by atomic mass is 9.52. The summed E-state index contributed by atoms with van der Waals surface area (Å²) in [6.45, 7) is 1.66. The lowest BCUT2D eigenvalue weighted by molar-refractivity contribution is -0.253. The topological polar surface area (TPSA) is 114 Å². The van der Waals surface area contributed by atoms with Gasteiger partial charge in [-0.1, -0.05) is 60.7 Å². The molecule has 0 aromatic heterocycles. The van der Waals surface area contributed by atoms with Crippen LogP contribution >= 0.6 is 0 Å². The Balaban J connectivity index is 2.05. The maximum atomic E-state index is 10.3. The molecule has 0 saturated carbocycles. The summed E-state index contributed by atoms with van der Waals surface area (Å²) in [5, 5.41) is 39.2. The van der Waals surface area contributed by atoms with E-state index in [9.17, 15) is 15.8 Å². The minimum atomic E-state index is -1.96. The summed E-state index contributed by atoms with van der Waals surface area (Å²) in [5.74, 6) is -2.59. The van der Waals surface area contributed by atoms with Gasteiger partial charge in [0.2, 0.25) is 17.1 Å². The Morgan fingerprint density at radius 2 is 1.39 bits per heavy atom. The average Bonchev–Trinajstić information content (AvgIpc) is 2.92. The van der Waals surface area contributed by atoms with Crippen molar-refractivity contribution in [2.45, 2.75) is 24.7 Å². The Bertz CT molecular complexity index is 1050. The summed E-state index contributed by atoms with van der Waals surface area (Å²) < 4.78 is 12.0. The summed E-state index contributed by atoms with van der Waals surface area (Å²) >= 11 is 0. The second-order valence-electron chi connectivity index (χ2n) is 7.15. The Kier molecular flexibility index (Phi) is 3.75. The molecule has 2 aromatic carbocycles. The number of nitrogens with zero attached hydrogens (tertiary/aromatic N) is 3. The molecular weight excluding hydrogens is 352 g/mol. The zero-order valence-corrected chi connectivity index (χ0v) is 15.1. The molecule has 0 amide bonds. The van der Waals surface area contributed by atoms with E-state index in [0.29, 0.717) is 11.1 Å². The second-order valence-corrected chi connectivity index (χ2v) is 7.15. The first kappa shape index (κ1) is 17.7. The van der Waals surface area contributed by atoms with Crippen molar-refractivity contribution in [1.29, 1.82) is 21.2 Å². The number of ether oxygens (including phenoxy) is 2. The number of nitrogens with one attached hydrogen (secondary N) is 1. The van der Waals surface area contributed by atoms with E-state index in [1.54, 1.807) is 55.5 Å². The Morgan fingerprint density at radius 1 is 0.857 bits per heavy atom. The van der Waals surface area contributed by atoms with Gasteiger partial charge in [0.05, 0.1) is 24.1 Å². The third-order valence-corrected chi connectivity index (χ3v) is 5.75. The summed E-state index contributed by atoms with van der Waals surface area (Å²) in [6.07, 6.45) is -1.05. The Hall–Kier alpha value is -3.66. The van der Waals surface area contributed by atoms with Gasteiger partial charge in [-0.25, -0.2) is 0 Å². The quantitative estimate of drug-likeness (QED) is 0.866. The van der Waals surface area contributed by atoms with Crippen molar-refractivity contribution < 1.29 is 9.47 Å². The molecule has 2 saturated heterocycles. The van der Waals surface area contributed by atoms with Crippen molar-refractivity contribution in [3.63, 3.8) is 0 Å². The first-order valence-electron chi connectivity index (χ1n) is 8.78. The van der Waals surface area contributed by atoms with Gasteiger partial charge in [-0.15, -0.1) is 0 Å². The number of benzene rings is 2. The van der Waals surface area contributed by atoms with Crippen LogP contribution in [-0.4, -0.2) is 11.7 Å². The van der Waals surface area contributed by atoms with E-state index < -0.39 is 34.5 Å². The Labute approximate surface area is 162 Å². The van der Waals surface area contributed by atoms with Crippen LogP contribution in [-0.2, 0) is 9.47 Å². The predicted molar refractivity (Wildman–Crippen MR) is 98.4 cm³/mol. The second kappa shape index (κ2) is 5.92. The maximum absolute atomic E-state index is 10.3. The van der Waals surface area contributed by atoms with E-state index in [-0.39, 0.29) is 0 Å². The zero-order valence-electron chi connectivity index (χ0n) is 15.1. The van der Waals surface area contributed by atoms with Gasteiger partial charge in [0.1, 0.15) is 6.10 Å². The first-order chi connectivity index (χ1) is 13.5. The van der Waals surface area contributed by atoms with Gasteiger partial charge in [-0.3, -0.25) is 5.41 Å². The molecule has 0 unspecified atom stereocenters. The average molecular weight is 368 g/mol. The largest absolute Gasteiger partial charge is 0.447 e. The summed E-state index contributed by atoms with van der Waals surface area (Å²) in [6, 6.07) is 24.1. The smallest absolute Gasteiger partial charge is 0.218 e. The highest BCUT2D eigenvalue weighted by atomic mass is 16.7.